The summed E-state index contributed by atoms with van der Waals surface area (Å²) in [5.41, 5.74) is 1.49. The Morgan fingerprint density at radius 3 is 2.60 bits per heavy atom. The summed E-state index contributed by atoms with van der Waals surface area (Å²) in [5.74, 6) is 0. The molecule has 0 amide bonds. The fourth-order valence-corrected chi connectivity index (χ4v) is 0.833. The maximum absolute atomic E-state index is 10.6. The molecule has 1 nitrogen and oxygen atoms in total. The van der Waals surface area contributed by atoms with Crippen LogP contribution in [-0.4, -0.2) is 10.7 Å². The van der Waals surface area contributed by atoms with E-state index in [0.29, 0.717) is 5.57 Å². The van der Waals surface area contributed by atoms with Gasteiger partial charge >= 0.3 is 73.3 Å². The van der Waals surface area contributed by atoms with E-state index in [1.54, 1.807) is 10.5 Å². The van der Waals surface area contributed by atoms with Crippen molar-refractivity contribution < 1.29 is 25.5 Å². The minimum atomic E-state index is -0.610. The molecule has 0 rings (SSSR count). The summed E-state index contributed by atoms with van der Waals surface area (Å²) in [6.07, 6.45) is 3.02. The van der Waals surface area contributed by atoms with E-state index in [1.807, 2.05) is 19.9 Å². The van der Waals surface area contributed by atoms with E-state index in [9.17, 15) is 4.79 Å². The third-order valence-corrected chi connectivity index (χ3v) is 2.00. The topological polar surface area (TPSA) is 17.1 Å². The second-order valence-corrected chi connectivity index (χ2v) is 2.70. The Kier molecular flexibility index (Phi) is 4.29. The predicted octanol–water partition coefficient (Wildman–Crippen LogP) is 1.43. The number of hydrogen-bond donors (Lipinski definition) is 0. The number of carbonyl (C=O) groups excluding carboxylic acids is 1. The van der Waals surface area contributed by atoms with Gasteiger partial charge in [0, 0.05) is 0 Å². The molecule has 0 saturated heterocycles. The van der Waals surface area contributed by atoms with Gasteiger partial charge in [0.05, 0.1) is 0 Å². The van der Waals surface area contributed by atoms with Crippen LogP contribution in [0.15, 0.2) is 23.3 Å². The Morgan fingerprint density at radius 1 is 1.70 bits per heavy atom. The van der Waals surface area contributed by atoms with Crippen LogP contribution in [0, 0.1) is 0 Å². The standard InChI is InChI=1S/C8H10O.W/c1-4-7(2)5-8(3)6-9;/h3-6H,1-2H3;/b7-4?,8-5+;/i6T;. The Hall–Kier alpha value is -0.292. The monoisotopic (exact) mass is 308 g/mol. The Balaban J connectivity index is 4.62. The van der Waals surface area contributed by atoms with Crippen molar-refractivity contribution in [3.05, 3.63) is 23.3 Å². The van der Waals surface area contributed by atoms with Gasteiger partial charge in [-0.05, 0) is 0 Å². The van der Waals surface area contributed by atoms with Crippen LogP contribution >= 0.6 is 0 Å². The Labute approximate surface area is 73.6 Å². The molecule has 0 aromatic carbocycles. The van der Waals surface area contributed by atoms with Crippen molar-refractivity contribution in [2.75, 3.05) is 0 Å². The van der Waals surface area contributed by atoms with Crippen molar-refractivity contribution in [2.45, 2.75) is 13.8 Å². The van der Waals surface area contributed by atoms with E-state index in [1.165, 1.54) is 19.4 Å². The van der Waals surface area contributed by atoms with Gasteiger partial charge in [0.2, 0.25) is 0 Å². The zero-order chi connectivity index (χ0) is 8.85. The van der Waals surface area contributed by atoms with E-state index in [-0.39, 0.29) is 0 Å². The summed E-state index contributed by atoms with van der Waals surface area (Å²) in [7, 11) is 0. The van der Waals surface area contributed by atoms with Crippen molar-refractivity contribution in [3.8, 4) is 0 Å². The van der Waals surface area contributed by atoms with Crippen LogP contribution in [-0.2, 0) is 24.1 Å². The van der Waals surface area contributed by atoms with Crippen LogP contribution in [0.5, 0.6) is 0 Å². The fourth-order valence-electron chi connectivity index (χ4n) is 0.416. The van der Waals surface area contributed by atoms with Gasteiger partial charge in [-0.15, -0.1) is 0 Å². The molecule has 0 aromatic rings. The number of allylic oxidation sites excluding steroid dienone is 4. The molecule has 0 heterocycles. The van der Waals surface area contributed by atoms with Crippen LogP contribution < -0.4 is 0 Å². The van der Waals surface area contributed by atoms with E-state index < -0.39 is 6.26 Å². The maximum atomic E-state index is 10.6. The Bertz CT molecular complexity index is 228. The molecule has 0 fully saturated rings. The molecule has 0 spiro atoms. The van der Waals surface area contributed by atoms with E-state index in [0.717, 1.165) is 5.57 Å². The molecule has 0 bridgehead atoms. The first-order chi connectivity index (χ1) is 5.11. The molecule has 10 heavy (non-hydrogen) atoms. The number of rotatable bonds is 3. The summed E-state index contributed by atoms with van der Waals surface area (Å²) >= 11 is 1.19. The van der Waals surface area contributed by atoms with Gasteiger partial charge < -0.3 is 0 Å². The zero-order valence-corrected chi connectivity index (χ0v) is 8.98. The molecule has 0 radical (unpaired) electrons. The van der Waals surface area contributed by atoms with Crippen LogP contribution in [0.25, 0.3) is 0 Å². The van der Waals surface area contributed by atoms with E-state index >= 15 is 0 Å². The molecule has 54 valence electrons. The molecule has 0 aliphatic heterocycles. The molecule has 0 aliphatic carbocycles. The van der Waals surface area contributed by atoms with Gasteiger partial charge in [-0.25, -0.2) is 0 Å². The summed E-state index contributed by atoms with van der Waals surface area (Å²) in [6, 6.07) is 0. The Morgan fingerprint density at radius 2 is 2.30 bits per heavy atom. The van der Waals surface area contributed by atoms with Gasteiger partial charge in [0.1, 0.15) is 0 Å². The summed E-state index contributed by atoms with van der Waals surface area (Å²) in [6.45, 7) is 3.81. The zero-order valence-electron chi connectivity index (χ0n) is 7.05. The SMILES string of the molecule is [3H]C(=O)/C([CH]=[W])=C/C(C)=CC. The van der Waals surface area contributed by atoms with Crippen LogP contribution in [0.2, 0.25) is 0 Å². The second-order valence-electron chi connectivity index (χ2n) is 1.85. The van der Waals surface area contributed by atoms with Crippen LogP contribution in [0.3, 0.4) is 0 Å². The van der Waals surface area contributed by atoms with Crippen molar-refractivity contribution in [1.29, 1.82) is 0 Å². The predicted molar refractivity (Wildman–Crippen MR) is 39.6 cm³/mol. The molecule has 0 aliphatic rings. The van der Waals surface area contributed by atoms with Gasteiger partial charge in [-0.2, -0.15) is 0 Å². The molecular weight excluding hydrogens is 296 g/mol. The summed E-state index contributed by atoms with van der Waals surface area (Å²) in [4.78, 5) is 10.6. The van der Waals surface area contributed by atoms with E-state index in [4.69, 9.17) is 1.37 Å². The molecule has 2 heteroatoms. The average molecular weight is 308 g/mol. The van der Waals surface area contributed by atoms with Crippen LogP contribution in [0.1, 0.15) is 15.2 Å². The number of carbonyl (C=O) groups is 1. The van der Waals surface area contributed by atoms with Crippen molar-refractivity contribution in [2.24, 2.45) is 0 Å². The fraction of sp³-hybridized carbons (Fsp3) is 0.250. The number of aldehydes is 1. The summed E-state index contributed by atoms with van der Waals surface area (Å²) < 4.78 is 8.58. The molecule has 0 unspecified atom stereocenters. The van der Waals surface area contributed by atoms with Crippen molar-refractivity contribution >= 4 is 10.7 Å². The first kappa shape index (κ1) is 7.81. The number of hydrogen-bond acceptors (Lipinski definition) is 1. The van der Waals surface area contributed by atoms with Crippen LogP contribution in [0.4, 0.5) is 0 Å². The normalized spacial score (nSPS) is 14.4. The van der Waals surface area contributed by atoms with Gasteiger partial charge in [0.25, 0.3) is 0 Å². The van der Waals surface area contributed by atoms with Crippen molar-refractivity contribution in [1.82, 2.24) is 0 Å². The third-order valence-electron chi connectivity index (χ3n) is 1.08. The summed E-state index contributed by atoms with van der Waals surface area (Å²) in [5, 5.41) is 0. The third kappa shape index (κ3) is 3.68. The first-order valence-electron chi connectivity index (χ1n) is 3.42. The van der Waals surface area contributed by atoms with E-state index in [2.05, 4.69) is 0 Å². The van der Waals surface area contributed by atoms with Crippen molar-refractivity contribution in [3.63, 3.8) is 0 Å². The molecule has 0 atom stereocenters. The quantitative estimate of drug-likeness (QED) is 0.438. The second kappa shape index (κ2) is 5.49. The molecule has 0 N–H and O–H groups in total. The molecule has 0 aromatic heterocycles. The molecule has 0 saturated carbocycles. The van der Waals surface area contributed by atoms with Gasteiger partial charge in [0.15, 0.2) is 0 Å². The minimum absolute atomic E-state index is 0.482. The average Bonchev–Trinajstić information content (AvgIpc) is 1.99. The first-order valence-corrected chi connectivity index (χ1v) is 4.62. The van der Waals surface area contributed by atoms with Gasteiger partial charge in [-0.3, -0.25) is 0 Å². The molecular formula is C8H10OW. The van der Waals surface area contributed by atoms with Gasteiger partial charge in [-0.1, -0.05) is 0 Å².